The molecule has 0 N–H and O–H groups in total. The summed E-state index contributed by atoms with van der Waals surface area (Å²) in [5.74, 6) is -6.28. The van der Waals surface area contributed by atoms with Crippen molar-refractivity contribution in [1.29, 1.82) is 0 Å². The van der Waals surface area contributed by atoms with Gasteiger partial charge in [0.2, 0.25) is 0 Å². The van der Waals surface area contributed by atoms with Crippen LogP contribution < -0.4 is 56.5 Å². The molecule has 3 nitrogen and oxygen atoms in total. The number of ether oxygens (including phenoxy) is 1. The van der Waals surface area contributed by atoms with Crippen molar-refractivity contribution in [2.45, 2.75) is 5.92 Å². The van der Waals surface area contributed by atoms with Gasteiger partial charge in [0, 0.05) is 7.11 Å². The van der Waals surface area contributed by atoms with Gasteiger partial charge in [-0.15, -0.1) is 0 Å². The Balaban J connectivity index is 0. The van der Waals surface area contributed by atoms with E-state index in [4.69, 9.17) is 0 Å². The Labute approximate surface area is 99.2 Å². The van der Waals surface area contributed by atoms with Gasteiger partial charge in [-0.25, -0.2) is 0 Å². The molecule has 0 radical (unpaired) electrons. The first-order chi connectivity index (χ1) is 4.00. The molecule has 0 aromatic carbocycles. The average Bonchev–Trinajstić information content (AvgIpc) is 1.65. The number of aliphatic carboxylic acids is 1. The van der Waals surface area contributed by atoms with E-state index in [-0.39, 0.29) is 51.4 Å². The number of hydrogen-bond donors (Lipinski definition) is 0. The Bertz CT molecular complexity index is 117. The first kappa shape index (κ1) is 13.5. The monoisotopic (exact) mass is 178 g/mol. The molecule has 0 aromatic heterocycles. The Morgan fingerprint density at radius 1 is 1.70 bits per heavy atom. The smallest absolute Gasteiger partial charge is 0.544 e. The molecule has 0 atom stereocenters. The van der Waals surface area contributed by atoms with Crippen molar-refractivity contribution < 1.29 is 74.8 Å². The van der Waals surface area contributed by atoms with E-state index in [1.165, 1.54) is 0 Å². The predicted octanol–water partition coefficient (Wildman–Crippen LogP) is -3.98. The molecule has 6 heteroatoms. The fourth-order valence-electron chi connectivity index (χ4n) is 0.240. The number of alkyl halides is 2. The summed E-state index contributed by atoms with van der Waals surface area (Å²) in [5.41, 5.74) is 0. The minimum absolute atomic E-state index is 0. The van der Waals surface area contributed by atoms with Crippen LogP contribution in [0, 0.1) is 0 Å². The van der Waals surface area contributed by atoms with Gasteiger partial charge in [0.25, 0.3) is 0 Å². The van der Waals surface area contributed by atoms with Gasteiger partial charge in [0.05, 0.1) is 0 Å². The molecular weight excluding hydrogens is 173 g/mol. The summed E-state index contributed by atoms with van der Waals surface area (Å²) < 4.78 is 27.4. The molecule has 0 aliphatic heterocycles. The molecule has 0 aliphatic carbocycles. The molecule has 0 saturated carbocycles. The Kier molecular flexibility index (Phi) is 7.51. The number of carbonyl (C=O) groups excluding carboxylic acids is 1. The van der Waals surface area contributed by atoms with E-state index >= 15 is 0 Å². The molecule has 0 rings (SSSR count). The summed E-state index contributed by atoms with van der Waals surface area (Å²) in [6.07, 6.45) is 0. The van der Waals surface area contributed by atoms with Gasteiger partial charge < -0.3 is 14.6 Å². The topological polar surface area (TPSA) is 49.4 Å². The minimum Gasteiger partial charge on any atom is -0.544 e. The van der Waals surface area contributed by atoms with Crippen molar-refractivity contribution >= 4 is 5.97 Å². The third kappa shape index (κ3) is 4.70. The quantitative estimate of drug-likeness (QED) is 0.414. The van der Waals surface area contributed by atoms with Gasteiger partial charge in [-0.2, -0.15) is 8.78 Å². The molecule has 0 spiro atoms. The maximum atomic E-state index is 11.8. The van der Waals surface area contributed by atoms with Crippen LogP contribution >= 0.6 is 0 Å². The predicted molar refractivity (Wildman–Crippen MR) is 21.8 cm³/mol. The Hall–Kier alpha value is 0.926. The van der Waals surface area contributed by atoms with Crippen LogP contribution in [0.15, 0.2) is 0 Å². The number of carboxylic acid groups (broad SMARTS) is 1. The first-order valence-electron chi connectivity index (χ1n) is 2.09. The van der Waals surface area contributed by atoms with Crippen molar-refractivity contribution in [3.05, 3.63) is 0 Å². The zero-order chi connectivity index (χ0) is 7.49. The molecule has 10 heavy (non-hydrogen) atoms. The summed E-state index contributed by atoms with van der Waals surface area (Å²) >= 11 is 0. The third-order valence-electron chi connectivity index (χ3n) is 0.624. The van der Waals surface area contributed by atoms with Crippen LogP contribution in [0.4, 0.5) is 8.78 Å². The molecule has 0 fully saturated rings. The number of methoxy groups -OCH3 is 1. The summed E-state index contributed by atoms with van der Waals surface area (Å²) in [5, 5.41) is 9.47. The Morgan fingerprint density at radius 2 is 2.10 bits per heavy atom. The molecule has 0 aromatic rings. The van der Waals surface area contributed by atoms with E-state index in [0.717, 1.165) is 7.11 Å². The van der Waals surface area contributed by atoms with Crippen molar-refractivity contribution in [3.8, 4) is 0 Å². The summed E-state index contributed by atoms with van der Waals surface area (Å²) in [6.45, 7) is -1.14. The van der Waals surface area contributed by atoms with Crippen LogP contribution in [0.3, 0.4) is 0 Å². The number of carbonyl (C=O) groups is 1. The minimum atomic E-state index is -3.87. The number of rotatable bonds is 3. The summed E-state index contributed by atoms with van der Waals surface area (Å²) in [7, 11) is 0.983. The normalized spacial score (nSPS) is 10.3. The molecular formula is C4H5F2KO3. The average molecular weight is 178 g/mol. The van der Waals surface area contributed by atoms with Crippen molar-refractivity contribution in [3.63, 3.8) is 0 Å². The molecule has 0 amide bonds. The number of hydrogen-bond acceptors (Lipinski definition) is 3. The van der Waals surface area contributed by atoms with E-state index in [1.807, 2.05) is 0 Å². The molecule has 0 saturated heterocycles. The van der Waals surface area contributed by atoms with E-state index in [0.29, 0.717) is 0 Å². The van der Waals surface area contributed by atoms with Crippen molar-refractivity contribution in [2.75, 3.05) is 13.7 Å². The van der Waals surface area contributed by atoms with Crippen LogP contribution in [0.25, 0.3) is 0 Å². The van der Waals surface area contributed by atoms with Crippen LogP contribution in [-0.4, -0.2) is 25.6 Å². The second kappa shape index (κ2) is 5.56. The van der Waals surface area contributed by atoms with Gasteiger partial charge in [-0.3, -0.25) is 0 Å². The Morgan fingerprint density at radius 3 is 2.20 bits per heavy atom. The zero-order valence-electron chi connectivity index (χ0n) is 5.69. The van der Waals surface area contributed by atoms with Crippen LogP contribution in [0.1, 0.15) is 0 Å². The van der Waals surface area contributed by atoms with Gasteiger partial charge >= 0.3 is 57.3 Å². The molecule has 54 valence electrons. The summed E-state index contributed by atoms with van der Waals surface area (Å²) in [6, 6.07) is 0. The van der Waals surface area contributed by atoms with Crippen LogP contribution in [-0.2, 0) is 9.53 Å². The third-order valence-corrected chi connectivity index (χ3v) is 0.624. The fraction of sp³-hybridized carbons (Fsp3) is 0.750. The largest absolute Gasteiger partial charge is 1.00 e. The molecule has 0 bridgehead atoms. The molecule has 0 unspecified atom stereocenters. The number of halogens is 2. The van der Waals surface area contributed by atoms with E-state index in [2.05, 4.69) is 4.74 Å². The fourth-order valence-corrected chi connectivity index (χ4v) is 0.240. The maximum Gasteiger partial charge on any atom is 1.00 e. The standard InChI is InChI=1S/C4H6F2O3.K/c1-9-2-4(5,6)3(7)8;/h2H2,1H3,(H,7,8);/q;+1/p-1. The van der Waals surface area contributed by atoms with Gasteiger partial charge in [0.15, 0.2) is 0 Å². The van der Waals surface area contributed by atoms with Gasteiger partial charge in [-0.05, 0) is 0 Å². The van der Waals surface area contributed by atoms with E-state index < -0.39 is 18.5 Å². The SMILES string of the molecule is COCC(F)(F)C(=O)[O-].[K+]. The maximum absolute atomic E-state index is 11.8. The zero-order valence-corrected chi connectivity index (χ0v) is 8.81. The first-order valence-corrected chi connectivity index (χ1v) is 2.09. The second-order valence-corrected chi connectivity index (χ2v) is 1.42. The summed E-state index contributed by atoms with van der Waals surface area (Å²) in [4.78, 5) is 9.47. The van der Waals surface area contributed by atoms with Crippen molar-refractivity contribution in [1.82, 2.24) is 0 Å². The molecule has 0 heterocycles. The van der Waals surface area contributed by atoms with Crippen molar-refractivity contribution in [2.24, 2.45) is 0 Å². The van der Waals surface area contributed by atoms with E-state index in [9.17, 15) is 18.7 Å². The van der Waals surface area contributed by atoms with Gasteiger partial charge in [0.1, 0.15) is 12.6 Å². The number of carboxylic acids is 1. The second-order valence-electron chi connectivity index (χ2n) is 1.42. The van der Waals surface area contributed by atoms with Crippen LogP contribution in [0.2, 0.25) is 0 Å². The van der Waals surface area contributed by atoms with Crippen LogP contribution in [0.5, 0.6) is 0 Å². The van der Waals surface area contributed by atoms with Gasteiger partial charge in [-0.1, -0.05) is 0 Å². The molecule has 0 aliphatic rings. The van der Waals surface area contributed by atoms with E-state index in [1.54, 1.807) is 0 Å².